The molecule has 0 aromatic heterocycles. The van der Waals surface area contributed by atoms with Crippen molar-refractivity contribution in [2.75, 3.05) is 13.1 Å². The second kappa shape index (κ2) is 4.82. The zero-order valence-electron chi connectivity index (χ0n) is 4.45. The summed E-state index contributed by atoms with van der Waals surface area (Å²) in [5, 5.41) is 10.8. The van der Waals surface area contributed by atoms with E-state index in [1.165, 1.54) is 0 Å². The Balaban J connectivity index is 2.97. The van der Waals surface area contributed by atoms with Gasteiger partial charge in [0.15, 0.2) is 0 Å². The maximum absolute atomic E-state index is 8.02. The Bertz CT molecular complexity index is 114. The monoisotopic (exact) mass is 174 g/mol. The Kier molecular flexibility index (Phi) is 4.62. The lowest BCUT2D eigenvalue weighted by Gasteiger charge is -1.93. The van der Waals surface area contributed by atoms with Crippen molar-refractivity contribution in [2.24, 2.45) is 0 Å². The summed E-state index contributed by atoms with van der Waals surface area (Å²) in [6.07, 6.45) is 0. The van der Waals surface area contributed by atoms with Gasteiger partial charge in [-0.05, 0) is 0 Å². The van der Waals surface area contributed by atoms with E-state index in [2.05, 4.69) is 27.8 Å². The highest BCUT2D eigenvalue weighted by molar-refractivity contribution is 9.11. The van der Waals surface area contributed by atoms with Crippen molar-refractivity contribution in [3.8, 4) is 6.07 Å². The maximum atomic E-state index is 8.02. The van der Waals surface area contributed by atoms with E-state index in [1.54, 1.807) is 0 Å². The summed E-state index contributed by atoms with van der Waals surface area (Å²) in [6, 6.07) is 1.95. The van der Waals surface area contributed by atoms with Gasteiger partial charge in [0.1, 0.15) is 0 Å². The van der Waals surface area contributed by atoms with Crippen molar-refractivity contribution >= 4 is 15.9 Å². The Morgan fingerprint density at radius 3 is 2.88 bits per heavy atom. The van der Waals surface area contributed by atoms with Crippen molar-refractivity contribution in [1.82, 2.24) is 5.32 Å². The van der Waals surface area contributed by atoms with Crippen molar-refractivity contribution in [2.45, 2.75) is 0 Å². The minimum absolute atomic E-state index is 0.380. The highest BCUT2D eigenvalue weighted by Crippen LogP contribution is 1.95. The third-order valence-electron chi connectivity index (χ3n) is 0.521. The molecule has 0 fully saturated rings. The first-order chi connectivity index (χ1) is 3.77. The second-order valence-corrected chi connectivity index (χ2v) is 2.40. The van der Waals surface area contributed by atoms with Gasteiger partial charge in [0.25, 0.3) is 0 Å². The summed E-state index contributed by atoms with van der Waals surface area (Å²) in [7, 11) is 0. The molecule has 0 saturated heterocycles. The molecule has 0 amide bonds. The zero-order chi connectivity index (χ0) is 6.41. The SMILES string of the molecule is C=C(Br)CNCC#N. The number of nitriles is 1. The molecule has 0 aromatic carbocycles. The van der Waals surface area contributed by atoms with Crippen molar-refractivity contribution in [3.63, 3.8) is 0 Å². The van der Waals surface area contributed by atoms with Gasteiger partial charge < -0.3 is 0 Å². The minimum atomic E-state index is 0.380. The van der Waals surface area contributed by atoms with Gasteiger partial charge in [-0.25, -0.2) is 0 Å². The molecule has 44 valence electrons. The number of rotatable bonds is 3. The number of hydrogen-bond acceptors (Lipinski definition) is 2. The Hall–Kier alpha value is -0.330. The summed E-state index contributed by atoms with van der Waals surface area (Å²) in [4.78, 5) is 0. The van der Waals surface area contributed by atoms with Gasteiger partial charge in [0.2, 0.25) is 0 Å². The molecule has 0 bridgehead atoms. The van der Waals surface area contributed by atoms with Crippen LogP contribution in [0.25, 0.3) is 0 Å². The van der Waals surface area contributed by atoms with Gasteiger partial charge in [-0.2, -0.15) is 5.26 Å². The molecular weight excluding hydrogens is 168 g/mol. The predicted octanol–water partition coefficient (Wildman–Crippen LogP) is 1.01. The van der Waals surface area contributed by atoms with Crippen LogP contribution in [-0.2, 0) is 0 Å². The molecule has 0 radical (unpaired) electrons. The van der Waals surface area contributed by atoms with Crippen LogP contribution in [-0.4, -0.2) is 13.1 Å². The molecular formula is C5H7BrN2. The lowest BCUT2D eigenvalue weighted by molar-refractivity contribution is 0.846. The molecule has 0 aliphatic heterocycles. The van der Waals surface area contributed by atoms with Crippen molar-refractivity contribution < 1.29 is 0 Å². The molecule has 0 rings (SSSR count). The Labute approximate surface area is 57.3 Å². The molecule has 0 aliphatic carbocycles. The topological polar surface area (TPSA) is 35.8 Å². The zero-order valence-corrected chi connectivity index (χ0v) is 6.03. The summed E-state index contributed by atoms with van der Waals surface area (Å²) >= 11 is 3.14. The number of halogens is 1. The quantitative estimate of drug-likeness (QED) is 0.513. The number of hydrogen-bond donors (Lipinski definition) is 1. The van der Waals surface area contributed by atoms with Crippen LogP contribution in [0.5, 0.6) is 0 Å². The molecule has 0 aliphatic rings. The van der Waals surface area contributed by atoms with E-state index in [0.29, 0.717) is 13.1 Å². The molecule has 0 saturated carbocycles. The van der Waals surface area contributed by atoms with Crippen LogP contribution >= 0.6 is 15.9 Å². The molecule has 0 spiro atoms. The number of nitrogens with zero attached hydrogens (tertiary/aromatic N) is 1. The molecule has 3 heteroatoms. The Morgan fingerprint density at radius 1 is 1.88 bits per heavy atom. The fraction of sp³-hybridized carbons (Fsp3) is 0.400. The summed E-state index contributed by atoms with van der Waals surface area (Å²) in [5.74, 6) is 0. The summed E-state index contributed by atoms with van der Waals surface area (Å²) in [6.45, 7) is 4.61. The van der Waals surface area contributed by atoms with Crippen LogP contribution in [0, 0.1) is 11.3 Å². The van der Waals surface area contributed by atoms with E-state index in [0.717, 1.165) is 4.48 Å². The summed E-state index contributed by atoms with van der Waals surface area (Å²) in [5.41, 5.74) is 0. The lowest BCUT2D eigenvalue weighted by atomic mass is 10.6. The highest BCUT2D eigenvalue weighted by Gasteiger charge is 1.83. The van der Waals surface area contributed by atoms with Crippen molar-refractivity contribution in [1.29, 1.82) is 5.26 Å². The fourth-order valence-corrected chi connectivity index (χ4v) is 0.452. The molecule has 0 aromatic rings. The minimum Gasteiger partial charge on any atom is -0.300 e. The average Bonchev–Trinajstić information content (AvgIpc) is 1.66. The van der Waals surface area contributed by atoms with E-state index in [-0.39, 0.29) is 0 Å². The maximum Gasteiger partial charge on any atom is 0.0843 e. The van der Waals surface area contributed by atoms with E-state index in [1.807, 2.05) is 6.07 Å². The van der Waals surface area contributed by atoms with E-state index >= 15 is 0 Å². The highest BCUT2D eigenvalue weighted by atomic mass is 79.9. The van der Waals surface area contributed by atoms with E-state index < -0.39 is 0 Å². The first kappa shape index (κ1) is 7.67. The first-order valence-corrected chi connectivity index (χ1v) is 2.97. The van der Waals surface area contributed by atoms with Gasteiger partial charge in [0.05, 0.1) is 12.6 Å². The van der Waals surface area contributed by atoms with Crippen LogP contribution in [0.1, 0.15) is 0 Å². The van der Waals surface area contributed by atoms with Gasteiger partial charge in [-0.1, -0.05) is 22.5 Å². The van der Waals surface area contributed by atoms with Crippen molar-refractivity contribution in [3.05, 3.63) is 11.1 Å². The molecule has 0 unspecified atom stereocenters. The van der Waals surface area contributed by atoms with Crippen LogP contribution in [0.15, 0.2) is 11.1 Å². The van der Waals surface area contributed by atoms with Crippen LogP contribution < -0.4 is 5.32 Å². The van der Waals surface area contributed by atoms with Gasteiger partial charge in [0, 0.05) is 11.0 Å². The van der Waals surface area contributed by atoms with Gasteiger partial charge in [-0.15, -0.1) is 0 Å². The van der Waals surface area contributed by atoms with Crippen LogP contribution in [0.3, 0.4) is 0 Å². The molecule has 8 heavy (non-hydrogen) atoms. The van der Waals surface area contributed by atoms with Gasteiger partial charge >= 0.3 is 0 Å². The third kappa shape index (κ3) is 5.67. The number of nitrogens with one attached hydrogen (secondary N) is 1. The fourth-order valence-electron chi connectivity index (χ4n) is 0.254. The van der Waals surface area contributed by atoms with E-state index in [9.17, 15) is 0 Å². The average molecular weight is 175 g/mol. The van der Waals surface area contributed by atoms with Crippen LogP contribution in [0.4, 0.5) is 0 Å². The molecule has 2 nitrogen and oxygen atoms in total. The first-order valence-electron chi connectivity index (χ1n) is 2.18. The third-order valence-corrected chi connectivity index (χ3v) is 0.801. The largest absolute Gasteiger partial charge is 0.300 e. The normalized spacial score (nSPS) is 8.00. The van der Waals surface area contributed by atoms with E-state index in [4.69, 9.17) is 5.26 Å². The predicted molar refractivity (Wildman–Crippen MR) is 36.5 cm³/mol. The smallest absolute Gasteiger partial charge is 0.0843 e. The lowest BCUT2D eigenvalue weighted by Crippen LogP contribution is -2.14. The molecule has 1 N–H and O–H groups in total. The second-order valence-electron chi connectivity index (χ2n) is 1.28. The standard InChI is InChI=1S/C5H7BrN2/c1-5(6)4-8-3-2-7/h8H,1,3-4H2. The summed E-state index contributed by atoms with van der Waals surface area (Å²) < 4.78 is 0.868. The van der Waals surface area contributed by atoms with Gasteiger partial charge in [-0.3, -0.25) is 5.32 Å². The Morgan fingerprint density at radius 2 is 2.50 bits per heavy atom. The molecule has 0 atom stereocenters. The van der Waals surface area contributed by atoms with Crippen LogP contribution in [0.2, 0.25) is 0 Å². The molecule has 0 heterocycles.